The van der Waals surface area contributed by atoms with E-state index in [1.807, 2.05) is 0 Å². The third-order valence-electron chi connectivity index (χ3n) is 2.15. The molecule has 0 radical (unpaired) electrons. The molecule has 9 heteroatoms. The molecule has 0 aliphatic rings. The van der Waals surface area contributed by atoms with E-state index in [2.05, 4.69) is 9.72 Å². The molecule has 0 unspecified atom stereocenters. The number of rotatable bonds is 3. The molecule has 0 atom stereocenters. The predicted molar refractivity (Wildman–Crippen MR) is 51.6 cm³/mol. The molecule has 0 fully saturated rings. The van der Waals surface area contributed by atoms with Crippen molar-refractivity contribution < 1.29 is 36.6 Å². The number of hydrogen-bond donors (Lipinski definition) is 1. The van der Waals surface area contributed by atoms with Crippen LogP contribution in [-0.4, -0.2) is 23.2 Å². The van der Waals surface area contributed by atoms with Crippen molar-refractivity contribution in [2.75, 3.05) is 7.11 Å². The molecule has 1 heterocycles. The minimum atomic E-state index is -5.04. The maximum atomic E-state index is 12.5. The Morgan fingerprint density at radius 3 is 2.47 bits per heavy atom. The van der Waals surface area contributed by atoms with Gasteiger partial charge in [0.15, 0.2) is 0 Å². The summed E-state index contributed by atoms with van der Waals surface area (Å²) in [6, 6.07) is 0.0424. The van der Waals surface area contributed by atoms with Gasteiger partial charge in [-0.05, 0) is 6.07 Å². The fraction of sp³-hybridized carbons (Fsp3) is 0.400. The van der Waals surface area contributed by atoms with Gasteiger partial charge in [-0.1, -0.05) is 0 Å². The van der Waals surface area contributed by atoms with Crippen molar-refractivity contribution in [3.63, 3.8) is 0 Å². The molecular weight excluding hydrogens is 277 g/mol. The first-order chi connectivity index (χ1) is 8.66. The molecule has 0 aliphatic heterocycles. The second-order valence-corrected chi connectivity index (χ2v) is 3.44. The Morgan fingerprint density at radius 1 is 1.47 bits per heavy atom. The number of aromatic hydroxyl groups is 1. The summed E-state index contributed by atoms with van der Waals surface area (Å²) >= 11 is 0. The number of carbonyl (C=O) groups excluding carboxylic acids is 1. The highest BCUT2D eigenvalue weighted by Gasteiger charge is 2.37. The SMILES string of the molecule is COC(=O)Cc1nc(C(F)F)cc(C(F)(F)F)c1O. The summed E-state index contributed by atoms with van der Waals surface area (Å²) < 4.78 is 66.7. The van der Waals surface area contributed by atoms with Gasteiger partial charge in [0.2, 0.25) is 0 Å². The van der Waals surface area contributed by atoms with Crippen molar-refractivity contribution in [3.8, 4) is 5.75 Å². The van der Waals surface area contributed by atoms with Crippen molar-refractivity contribution in [2.24, 2.45) is 0 Å². The van der Waals surface area contributed by atoms with Gasteiger partial charge in [0.05, 0.1) is 19.2 Å². The lowest BCUT2D eigenvalue weighted by atomic mass is 10.1. The molecule has 0 saturated carbocycles. The molecule has 4 nitrogen and oxygen atoms in total. The van der Waals surface area contributed by atoms with Gasteiger partial charge in [-0.2, -0.15) is 13.2 Å². The van der Waals surface area contributed by atoms with Crippen molar-refractivity contribution >= 4 is 5.97 Å². The van der Waals surface area contributed by atoms with Crippen molar-refractivity contribution in [3.05, 3.63) is 23.0 Å². The Labute approximate surface area is 103 Å². The smallest absolute Gasteiger partial charge is 0.420 e. The molecule has 0 aliphatic carbocycles. The Bertz CT molecular complexity index is 487. The Hall–Kier alpha value is -1.93. The summed E-state index contributed by atoms with van der Waals surface area (Å²) in [5.41, 5.74) is -3.65. The molecular formula is C10H8F5NO3. The lowest BCUT2D eigenvalue weighted by Crippen LogP contribution is -2.13. The zero-order chi connectivity index (χ0) is 14.8. The normalized spacial score (nSPS) is 11.7. The molecule has 0 spiro atoms. The Morgan fingerprint density at radius 2 is 2.05 bits per heavy atom. The molecule has 1 N–H and O–H groups in total. The van der Waals surface area contributed by atoms with Crippen LogP contribution >= 0.6 is 0 Å². The van der Waals surface area contributed by atoms with Gasteiger partial charge in [-0.3, -0.25) is 4.79 Å². The second kappa shape index (κ2) is 5.37. The summed E-state index contributed by atoms with van der Waals surface area (Å²) in [6.07, 6.45) is -9.15. The largest absolute Gasteiger partial charge is 0.505 e. The van der Waals surface area contributed by atoms with Crippen LogP contribution in [0.25, 0.3) is 0 Å². The third-order valence-corrected chi connectivity index (χ3v) is 2.15. The summed E-state index contributed by atoms with van der Waals surface area (Å²) in [5.74, 6) is -2.37. The van der Waals surface area contributed by atoms with Gasteiger partial charge in [0.1, 0.15) is 17.0 Å². The molecule has 0 amide bonds. The van der Waals surface area contributed by atoms with E-state index in [0.717, 1.165) is 7.11 Å². The number of pyridine rings is 1. The number of nitrogens with zero attached hydrogens (tertiary/aromatic N) is 1. The molecule has 1 aromatic heterocycles. The minimum absolute atomic E-state index is 0.0424. The standard InChI is InChI=1S/C10H8F5NO3/c1-19-7(17)3-5-8(18)4(10(13,14)15)2-6(16-5)9(11)12/h2,9,18H,3H2,1H3. The van der Waals surface area contributed by atoms with Gasteiger partial charge >= 0.3 is 12.1 Å². The summed E-state index contributed by atoms with van der Waals surface area (Å²) in [6.45, 7) is 0. The van der Waals surface area contributed by atoms with Crippen LogP contribution in [0.2, 0.25) is 0 Å². The van der Waals surface area contributed by atoms with Crippen LogP contribution < -0.4 is 0 Å². The molecule has 0 aromatic carbocycles. The van der Waals surface area contributed by atoms with E-state index in [0.29, 0.717) is 0 Å². The van der Waals surface area contributed by atoms with E-state index in [-0.39, 0.29) is 6.07 Å². The quantitative estimate of drug-likeness (QED) is 0.684. The van der Waals surface area contributed by atoms with Gasteiger partial charge in [0.25, 0.3) is 6.43 Å². The van der Waals surface area contributed by atoms with Crippen LogP contribution in [-0.2, 0) is 22.1 Å². The number of carbonyl (C=O) groups is 1. The Balaban J connectivity index is 3.37. The number of hydrogen-bond acceptors (Lipinski definition) is 4. The number of aromatic nitrogens is 1. The summed E-state index contributed by atoms with van der Waals surface area (Å²) in [4.78, 5) is 14.1. The van der Waals surface area contributed by atoms with Crippen LogP contribution in [0.4, 0.5) is 22.0 Å². The van der Waals surface area contributed by atoms with Gasteiger partial charge in [-0.25, -0.2) is 13.8 Å². The van der Waals surface area contributed by atoms with Crippen LogP contribution in [0.5, 0.6) is 5.75 Å². The number of esters is 1. The second-order valence-electron chi connectivity index (χ2n) is 3.44. The molecule has 106 valence electrons. The number of halogens is 5. The zero-order valence-corrected chi connectivity index (χ0v) is 9.46. The van der Waals surface area contributed by atoms with Crippen LogP contribution in [0.3, 0.4) is 0 Å². The van der Waals surface area contributed by atoms with Gasteiger partial charge in [0, 0.05) is 0 Å². The summed E-state index contributed by atoms with van der Waals surface area (Å²) in [7, 11) is 0.959. The highest BCUT2D eigenvalue weighted by molar-refractivity contribution is 5.73. The van der Waals surface area contributed by atoms with Crippen LogP contribution in [0.15, 0.2) is 6.07 Å². The zero-order valence-electron chi connectivity index (χ0n) is 9.46. The van der Waals surface area contributed by atoms with Crippen molar-refractivity contribution in [1.82, 2.24) is 4.98 Å². The highest BCUT2D eigenvalue weighted by Crippen LogP contribution is 2.38. The first kappa shape index (κ1) is 15.1. The predicted octanol–water partition coefficient (Wildman–Crippen LogP) is 2.46. The van der Waals surface area contributed by atoms with Crippen LogP contribution in [0.1, 0.15) is 23.4 Å². The van der Waals surface area contributed by atoms with Crippen molar-refractivity contribution in [2.45, 2.75) is 19.0 Å². The van der Waals surface area contributed by atoms with E-state index in [1.54, 1.807) is 0 Å². The lowest BCUT2D eigenvalue weighted by Gasteiger charge is -2.13. The highest BCUT2D eigenvalue weighted by atomic mass is 19.4. The fourth-order valence-corrected chi connectivity index (χ4v) is 1.27. The van der Waals surface area contributed by atoms with E-state index >= 15 is 0 Å². The molecule has 0 saturated heterocycles. The first-order valence-electron chi connectivity index (χ1n) is 4.81. The first-order valence-corrected chi connectivity index (χ1v) is 4.81. The number of alkyl halides is 5. The van der Waals surface area contributed by atoms with Crippen molar-refractivity contribution in [1.29, 1.82) is 0 Å². The third kappa shape index (κ3) is 3.52. The minimum Gasteiger partial charge on any atom is -0.505 e. The van der Waals surface area contributed by atoms with Crippen LogP contribution in [0, 0.1) is 0 Å². The topological polar surface area (TPSA) is 59.4 Å². The van der Waals surface area contributed by atoms with Gasteiger partial charge < -0.3 is 9.84 Å². The average molecular weight is 285 g/mol. The Kier molecular flexibility index (Phi) is 4.28. The lowest BCUT2D eigenvalue weighted by molar-refractivity contribution is -0.141. The van der Waals surface area contributed by atoms with Gasteiger partial charge in [-0.15, -0.1) is 0 Å². The number of ether oxygens (including phenoxy) is 1. The van der Waals surface area contributed by atoms with E-state index in [4.69, 9.17) is 0 Å². The van der Waals surface area contributed by atoms with E-state index in [9.17, 15) is 31.9 Å². The molecule has 1 rings (SSSR count). The fourth-order valence-electron chi connectivity index (χ4n) is 1.27. The number of methoxy groups -OCH3 is 1. The molecule has 19 heavy (non-hydrogen) atoms. The maximum Gasteiger partial charge on any atom is 0.420 e. The van der Waals surface area contributed by atoms with E-state index < -0.39 is 47.7 Å². The molecule has 1 aromatic rings. The average Bonchev–Trinajstić information content (AvgIpc) is 2.29. The maximum absolute atomic E-state index is 12.5. The molecule has 0 bridgehead atoms. The monoisotopic (exact) mass is 285 g/mol. The summed E-state index contributed by atoms with van der Waals surface area (Å²) in [5, 5.41) is 9.34. The van der Waals surface area contributed by atoms with E-state index in [1.165, 1.54) is 0 Å².